The minimum absolute atomic E-state index is 0.173. The average molecular weight is 160 g/mol. The highest BCUT2D eigenvalue weighted by atomic mass is 15.2. The number of benzene rings is 1. The molecular weight excluding hydrogens is 152 g/mol. The Kier molecular flexibility index (Phi) is 2.29. The fourth-order valence-corrected chi connectivity index (χ4v) is 0.874. The second-order valence-corrected chi connectivity index (χ2v) is 2.17. The summed E-state index contributed by atoms with van der Waals surface area (Å²) in [4.78, 5) is 0. The van der Waals surface area contributed by atoms with Crippen LogP contribution in [-0.2, 0) is 0 Å². The Balaban J connectivity index is 3.25. The lowest BCUT2D eigenvalue weighted by atomic mass is 10.1. The summed E-state index contributed by atoms with van der Waals surface area (Å²) in [6.45, 7) is 0. The number of rotatable bonds is 1. The van der Waals surface area contributed by atoms with Gasteiger partial charge in [0.25, 0.3) is 0 Å². The third-order valence-corrected chi connectivity index (χ3v) is 1.46. The van der Waals surface area contributed by atoms with E-state index in [4.69, 9.17) is 16.8 Å². The molecule has 4 heteroatoms. The number of hydrogen-bond donors (Lipinski definition) is 2. The van der Waals surface area contributed by atoms with Crippen molar-refractivity contribution in [3.8, 4) is 6.07 Å². The number of hydrazone groups is 1. The molecule has 0 bridgehead atoms. The first-order valence-electron chi connectivity index (χ1n) is 3.32. The molecule has 0 fully saturated rings. The molecule has 4 N–H and O–H groups in total. The molecule has 12 heavy (non-hydrogen) atoms. The summed E-state index contributed by atoms with van der Waals surface area (Å²) in [5.41, 5.74) is 6.49. The molecule has 0 unspecified atom stereocenters. The predicted octanol–water partition coefficient (Wildman–Crippen LogP) is 0.137. The van der Waals surface area contributed by atoms with Gasteiger partial charge in [0.1, 0.15) is 0 Å². The number of nitriles is 1. The van der Waals surface area contributed by atoms with E-state index in [2.05, 4.69) is 5.10 Å². The Morgan fingerprint density at radius 3 is 2.67 bits per heavy atom. The van der Waals surface area contributed by atoms with Crippen LogP contribution in [0.3, 0.4) is 0 Å². The van der Waals surface area contributed by atoms with Crippen LogP contribution in [0, 0.1) is 11.3 Å². The molecule has 0 aromatic heterocycles. The molecule has 0 atom stereocenters. The molecule has 0 heterocycles. The van der Waals surface area contributed by atoms with Crippen LogP contribution in [0.25, 0.3) is 0 Å². The summed E-state index contributed by atoms with van der Waals surface area (Å²) in [6.07, 6.45) is 0. The van der Waals surface area contributed by atoms with Crippen LogP contribution in [-0.4, -0.2) is 5.84 Å². The summed E-state index contributed by atoms with van der Waals surface area (Å²) in [7, 11) is 0. The van der Waals surface area contributed by atoms with Gasteiger partial charge >= 0.3 is 0 Å². The van der Waals surface area contributed by atoms with Crippen LogP contribution >= 0.6 is 0 Å². The molecule has 0 saturated heterocycles. The summed E-state index contributed by atoms with van der Waals surface area (Å²) in [6, 6.07) is 8.88. The van der Waals surface area contributed by atoms with E-state index in [1.807, 2.05) is 6.07 Å². The lowest BCUT2D eigenvalue weighted by Gasteiger charge is -1.99. The molecular formula is C8H8N4. The maximum absolute atomic E-state index is 8.66. The molecule has 1 aromatic carbocycles. The molecule has 1 aromatic rings. The van der Waals surface area contributed by atoms with Gasteiger partial charge in [-0.2, -0.15) is 10.4 Å². The smallest absolute Gasteiger partial charge is 0.151 e. The highest BCUT2D eigenvalue weighted by molar-refractivity contribution is 5.99. The van der Waals surface area contributed by atoms with Gasteiger partial charge in [0.05, 0.1) is 11.6 Å². The van der Waals surface area contributed by atoms with Crippen LogP contribution in [0.2, 0.25) is 0 Å². The minimum atomic E-state index is 0.173. The zero-order valence-electron chi connectivity index (χ0n) is 6.36. The minimum Gasteiger partial charge on any atom is -0.382 e. The van der Waals surface area contributed by atoms with Gasteiger partial charge in [-0.3, -0.25) is 0 Å². The van der Waals surface area contributed by atoms with E-state index in [1.54, 1.807) is 24.3 Å². The fourth-order valence-electron chi connectivity index (χ4n) is 0.874. The first-order chi connectivity index (χ1) is 5.79. The van der Waals surface area contributed by atoms with Gasteiger partial charge in [-0.25, -0.2) is 0 Å². The average Bonchev–Trinajstić information content (AvgIpc) is 2.16. The van der Waals surface area contributed by atoms with Crippen LogP contribution < -0.4 is 11.6 Å². The Hall–Kier alpha value is -2.02. The predicted molar refractivity (Wildman–Crippen MR) is 46.1 cm³/mol. The van der Waals surface area contributed by atoms with E-state index in [1.165, 1.54) is 0 Å². The van der Waals surface area contributed by atoms with Crippen LogP contribution in [0.1, 0.15) is 11.1 Å². The second kappa shape index (κ2) is 3.39. The molecule has 0 radical (unpaired) electrons. The molecule has 0 saturated carbocycles. The first kappa shape index (κ1) is 8.08. The van der Waals surface area contributed by atoms with Gasteiger partial charge in [0, 0.05) is 5.56 Å². The Bertz CT molecular complexity index is 348. The van der Waals surface area contributed by atoms with Gasteiger partial charge in [-0.15, -0.1) is 0 Å². The van der Waals surface area contributed by atoms with E-state index in [-0.39, 0.29) is 5.84 Å². The van der Waals surface area contributed by atoms with E-state index < -0.39 is 0 Å². The lowest BCUT2D eigenvalue weighted by molar-refractivity contribution is 1.23. The zero-order chi connectivity index (χ0) is 8.97. The monoisotopic (exact) mass is 160 g/mol. The van der Waals surface area contributed by atoms with Crippen molar-refractivity contribution < 1.29 is 0 Å². The summed E-state index contributed by atoms with van der Waals surface area (Å²) in [5, 5.41) is 12.0. The van der Waals surface area contributed by atoms with Crippen molar-refractivity contribution in [2.45, 2.75) is 0 Å². The van der Waals surface area contributed by atoms with Gasteiger partial charge in [-0.05, 0) is 12.1 Å². The van der Waals surface area contributed by atoms with Crippen molar-refractivity contribution in [2.75, 3.05) is 0 Å². The normalized spacial score (nSPS) is 10.8. The highest BCUT2D eigenvalue weighted by Gasteiger charge is 2.03. The SMILES string of the molecule is N#Cc1ccccc1/C(N)=N/N. The largest absolute Gasteiger partial charge is 0.382 e. The van der Waals surface area contributed by atoms with Crippen molar-refractivity contribution >= 4 is 5.84 Å². The van der Waals surface area contributed by atoms with E-state index in [9.17, 15) is 0 Å². The zero-order valence-corrected chi connectivity index (χ0v) is 6.36. The second-order valence-electron chi connectivity index (χ2n) is 2.17. The van der Waals surface area contributed by atoms with Crippen molar-refractivity contribution in [2.24, 2.45) is 16.7 Å². The van der Waals surface area contributed by atoms with Crippen molar-refractivity contribution in [1.29, 1.82) is 5.26 Å². The topological polar surface area (TPSA) is 88.2 Å². The maximum Gasteiger partial charge on any atom is 0.151 e. The van der Waals surface area contributed by atoms with Crippen molar-refractivity contribution in [1.82, 2.24) is 0 Å². The molecule has 0 aliphatic carbocycles. The van der Waals surface area contributed by atoms with Crippen LogP contribution in [0.5, 0.6) is 0 Å². The van der Waals surface area contributed by atoms with Gasteiger partial charge in [0.15, 0.2) is 5.84 Å². The highest BCUT2D eigenvalue weighted by Crippen LogP contribution is 2.05. The number of nitrogens with two attached hydrogens (primary N) is 2. The van der Waals surface area contributed by atoms with Gasteiger partial charge in [0.2, 0.25) is 0 Å². The van der Waals surface area contributed by atoms with Gasteiger partial charge in [-0.1, -0.05) is 12.1 Å². The van der Waals surface area contributed by atoms with E-state index >= 15 is 0 Å². The first-order valence-corrected chi connectivity index (χ1v) is 3.32. The van der Waals surface area contributed by atoms with Crippen molar-refractivity contribution in [3.05, 3.63) is 35.4 Å². The Morgan fingerprint density at radius 2 is 2.08 bits per heavy atom. The van der Waals surface area contributed by atoms with Crippen LogP contribution in [0.15, 0.2) is 29.4 Å². The number of nitrogens with zero attached hydrogens (tertiary/aromatic N) is 2. The molecule has 0 aliphatic rings. The number of hydrogen-bond acceptors (Lipinski definition) is 3. The van der Waals surface area contributed by atoms with E-state index in [0.29, 0.717) is 11.1 Å². The standard InChI is InChI=1S/C8H8N4/c9-5-6-3-1-2-4-7(6)8(10)12-11/h1-4H,11H2,(H2,10,12). The third-order valence-electron chi connectivity index (χ3n) is 1.46. The van der Waals surface area contributed by atoms with Gasteiger partial charge < -0.3 is 11.6 Å². The van der Waals surface area contributed by atoms with Crippen LogP contribution in [0.4, 0.5) is 0 Å². The molecule has 0 aliphatic heterocycles. The molecule has 60 valence electrons. The summed E-state index contributed by atoms with van der Waals surface area (Å²) in [5.74, 6) is 5.15. The lowest BCUT2D eigenvalue weighted by Crippen LogP contribution is -2.16. The fraction of sp³-hybridized carbons (Fsp3) is 0. The summed E-state index contributed by atoms with van der Waals surface area (Å²) >= 11 is 0. The van der Waals surface area contributed by atoms with Crippen molar-refractivity contribution in [3.63, 3.8) is 0 Å². The molecule has 1 rings (SSSR count). The Morgan fingerprint density at radius 1 is 1.42 bits per heavy atom. The maximum atomic E-state index is 8.66. The Labute approximate surface area is 70.1 Å². The molecule has 0 amide bonds. The third kappa shape index (κ3) is 1.35. The molecule has 4 nitrogen and oxygen atoms in total. The molecule has 0 spiro atoms. The number of amidine groups is 1. The quantitative estimate of drug-likeness (QED) is 0.265. The van der Waals surface area contributed by atoms with E-state index in [0.717, 1.165) is 0 Å². The summed E-state index contributed by atoms with van der Waals surface area (Å²) < 4.78 is 0.